The smallest absolute Gasteiger partial charge is 0.247 e. The van der Waals surface area contributed by atoms with Gasteiger partial charge in [-0.2, -0.15) is 0 Å². The van der Waals surface area contributed by atoms with Crippen LogP contribution in [0.25, 0.3) is 0 Å². The molecule has 6 rings (SSSR count). The zero-order valence-electron chi connectivity index (χ0n) is 34.5. The third-order valence-electron chi connectivity index (χ3n) is 9.19. The first-order chi connectivity index (χ1) is 29.8. The summed E-state index contributed by atoms with van der Waals surface area (Å²) in [4.78, 5) is 29.4. The van der Waals surface area contributed by atoms with E-state index in [1.807, 2.05) is 50.2 Å². The molecular formula is C48H44Cl4N6O5. The third kappa shape index (κ3) is 12.3. The van der Waals surface area contributed by atoms with Gasteiger partial charge in [0.1, 0.15) is 34.6 Å². The van der Waals surface area contributed by atoms with Crippen molar-refractivity contribution in [3.05, 3.63) is 162 Å². The molecule has 11 nitrogen and oxygen atoms in total. The number of aryl methyl sites for hydroxylation is 2. The van der Waals surface area contributed by atoms with Crippen molar-refractivity contribution in [1.29, 1.82) is 0 Å². The molecule has 15 heteroatoms. The molecule has 3 N–H and O–H groups in total. The van der Waals surface area contributed by atoms with Crippen molar-refractivity contribution in [3.8, 4) is 46.7 Å². The van der Waals surface area contributed by atoms with Crippen LogP contribution in [0.1, 0.15) is 63.6 Å². The minimum Gasteiger partial charge on any atom is -0.495 e. The van der Waals surface area contributed by atoms with Gasteiger partial charge in [0.15, 0.2) is 0 Å². The van der Waals surface area contributed by atoms with Crippen molar-refractivity contribution in [2.75, 3.05) is 39.5 Å². The highest BCUT2D eigenvalue weighted by molar-refractivity contribution is 6.39. The van der Waals surface area contributed by atoms with E-state index in [2.05, 4.69) is 55.5 Å². The van der Waals surface area contributed by atoms with Gasteiger partial charge < -0.3 is 30.0 Å². The number of halogens is 4. The van der Waals surface area contributed by atoms with Crippen LogP contribution < -0.4 is 30.0 Å². The van der Waals surface area contributed by atoms with E-state index in [9.17, 15) is 4.79 Å². The number of benzene rings is 4. The Kier molecular flexibility index (Phi) is 18.0. The number of hydrogen-bond acceptors (Lipinski definition) is 10. The van der Waals surface area contributed by atoms with Crippen LogP contribution in [0.5, 0.6) is 23.0 Å². The van der Waals surface area contributed by atoms with Crippen molar-refractivity contribution < 1.29 is 23.7 Å². The highest BCUT2D eigenvalue weighted by Crippen LogP contribution is 2.41. The van der Waals surface area contributed by atoms with Gasteiger partial charge in [-0.05, 0) is 54.3 Å². The maximum absolute atomic E-state index is 11.7. The molecule has 0 unspecified atom stereocenters. The summed E-state index contributed by atoms with van der Waals surface area (Å²) in [5.41, 5.74) is 13.6. The van der Waals surface area contributed by atoms with Crippen molar-refractivity contribution >= 4 is 63.7 Å². The lowest BCUT2D eigenvalue weighted by atomic mass is 10.0. The number of anilines is 2. The molecule has 2 heterocycles. The van der Waals surface area contributed by atoms with E-state index >= 15 is 0 Å². The monoisotopic (exact) mass is 924 g/mol. The van der Waals surface area contributed by atoms with Gasteiger partial charge in [-0.25, -0.2) is 19.9 Å². The van der Waals surface area contributed by atoms with E-state index in [-0.39, 0.29) is 13.3 Å². The number of nitrogens with two attached hydrogens (primary N) is 1. The predicted octanol–water partition coefficient (Wildman–Crippen LogP) is 10.5. The Morgan fingerprint density at radius 2 is 1.03 bits per heavy atom. The van der Waals surface area contributed by atoms with Crippen LogP contribution in [-0.4, -0.2) is 54.3 Å². The maximum atomic E-state index is 11.7. The average molecular weight is 927 g/mol. The molecule has 0 spiro atoms. The Hall–Kier alpha value is -6.47. The number of ether oxygens (including phenoxy) is 4. The number of methoxy groups -OCH3 is 4. The van der Waals surface area contributed by atoms with Crippen LogP contribution in [0, 0.1) is 37.5 Å². The number of carbonyl (C=O) groups excluding carboxylic acids is 1. The molecule has 324 valence electrons. The van der Waals surface area contributed by atoms with Crippen LogP contribution in [0.3, 0.4) is 0 Å². The fourth-order valence-electron chi connectivity index (χ4n) is 5.80. The number of nitrogens with one attached hydrogen (secondary N) is 1. The Morgan fingerprint density at radius 1 is 0.651 bits per heavy atom. The molecule has 0 aliphatic rings. The number of hydrogen-bond donors (Lipinski definition) is 2. The van der Waals surface area contributed by atoms with Crippen LogP contribution in [0.4, 0.5) is 11.4 Å². The molecule has 63 heavy (non-hydrogen) atoms. The second-order valence-electron chi connectivity index (χ2n) is 13.1. The highest BCUT2D eigenvalue weighted by Gasteiger charge is 2.17. The average Bonchev–Trinajstić information content (AvgIpc) is 3.27. The molecule has 0 saturated heterocycles. The van der Waals surface area contributed by atoms with Gasteiger partial charge in [-0.15, -0.1) is 0 Å². The molecule has 0 aliphatic heterocycles. The molecule has 0 radical (unpaired) electrons. The zero-order valence-corrected chi connectivity index (χ0v) is 37.6. The lowest BCUT2D eigenvalue weighted by Crippen LogP contribution is -2.11. The SMILES string of the molecule is C.C=CC(=O)Nc1cccc(C)c1Cc1ncc(C#Cc2c(Cl)c(OC)cc(OC)c2Cl)cn1.COc1cc(OC)c(Cl)c(C#Cc2cnc(Cc3c(C)cccc3N)nc2)c1Cl. The molecule has 6 aromatic rings. The Bertz CT molecular complexity index is 2670. The second-order valence-corrected chi connectivity index (χ2v) is 14.6. The van der Waals surface area contributed by atoms with E-state index in [1.165, 1.54) is 34.5 Å². The topological polar surface area (TPSA) is 144 Å². The third-order valence-corrected chi connectivity index (χ3v) is 10.7. The predicted molar refractivity (Wildman–Crippen MR) is 253 cm³/mol. The van der Waals surface area contributed by atoms with E-state index in [0.717, 1.165) is 27.9 Å². The lowest BCUT2D eigenvalue weighted by molar-refractivity contribution is -0.111. The minimum absolute atomic E-state index is 0. The number of carbonyl (C=O) groups is 1. The Morgan fingerprint density at radius 3 is 1.41 bits per heavy atom. The van der Waals surface area contributed by atoms with Gasteiger partial charge in [0, 0.05) is 61.1 Å². The summed E-state index contributed by atoms with van der Waals surface area (Å²) in [6.45, 7) is 7.47. The number of aromatic nitrogens is 4. The summed E-state index contributed by atoms with van der Waals surface area (Å²) < 4.78 is 21.0. The molecule has 1 amide bonds. The van der Waals surface area contributed by atoms with Gasteiger partial charge in [0.2, 0.25) is 5.91 Å². The Labute approximate surface area is 387 Å². The fourth-order valence-corrected chi connectivity index (χ4v) is 6.99. The molecular weight excluding hydrogens is 882 g/mol. The van der Waals surface area contributed by atoms with Crippen molar-refractivity contribution in [2.45, 2.75) is 34.1 Å². The quantitative estimate of drug-likeness (QED) is 0.0774. The first-order valence-corrected chi connectivity index (χ1v) is 20.0. The molecule has 0 saturated carbocycles. The minimum atomic E-state index is -0.278. The first-order valence-electron chi connectivity index (χ1n) is 18.5. The van der Waals surface area contributed by atoms with Crippen LogP contribution >= 0.6 is 46.4 Å². The molecule has 4 aromatic carbocycles. The summed E-state index contributed by atoms with van der Waals surface area (Å²) in [6, 6.07) is 14.7. The summed E-state index contributed by atoms with van der Waals surface area (Å²) in [6.07, 6.45) is 8.77. The number of nitrogen functional groups attached to an aromatic ring is 1. The lowest BCUT2D eigenvalue weighted by Gasteiger charge is -2.12. The summed E-state index contributed by atoms with van der Waals surface area (Å²) in [5, 5.41) is 4.04. The fraction of sp³-hybridized carbons (Fsp3) is 0.188. The van der Waals surface area contributed by atoms with E-state index in [1.54, 1.807) is 36.9 Å². The van der Waals surface area contributed by atoms with Crippen molar-refractivity contribution in [1.82, 2.24) is 19.9 Å². The van der Waals surface area contributed by atoms with Crippen LogP contribution in [-0.2, 0) is 17.6 Å². The van der Waals surface area contributed by atoms with E-state index < -0.39 is 0 Å². The van der Waals surface area contributed by atoms with E-state index in [4.69, 9.17) is 71.1 Å². The van der Waals surface area contributed by atoms with Gasteiger partial charge >= 0.3 is 0 Å². The zero-order chi connectivity index (χ0) is 44.9. The molecule has 0 bridgehead atoms. The summed E-state index contributed by atoms with van der Waals surface area (Å²) in [5.74, 6) is 14.5. The molecule has 0 aliphatic carbocycles. The van der Waals surface area contributed by atoms with Gasteiger partial charge in [-0.3, -0.25) is 4.79 Å². The summed E-state index contributed by atoms with van der Waals surface area (Å²) in [7, 11) is 6.03. The highest BCUT2D eigenvalue weighted by atomic mass is 35.5. The van der Waals surface area contributed by atoms with Crippen LogP contribution in [0.15, 0.2) is 86.0 Å². The second kappa shape index (κ2) is 23.1. The normalized spacial score (nSPS) is 10.0. The van der Waals surface area contributed by atoms with E-state index in [0.29, 0.717) is 95.5 Å². The van der Waals surface area contributed by atoms with Crippen molar-refractivity contribution in [3.63, 3.8) is 0 Å². The largest absolute Gasteiger partial charge is 0.495 e. The maximum Gasteiger partial charge on any atom is 0.247 e. The van der Waals surface area contributed by atoms with Gasteiger partial charge in [-0.1, -0.05) is 108 Å². The number of nitrogens with zero attached hydrogens (tertiary/aromatic N) is 4. The number of amides is 1. The van der Waals surface area contributed by atoms with Crippen LogP contribution in [0.2, 0.25) is 20.1 Å². The molecule has 2 aromatic heterocycles. The first kappa shape index (κ1) is 49.2. The molecule has 0 fully saturated rings. The van der Waals surface area contributed by atoms with Crippen molar-refractivity contribution in [2.24, 2.45) is 0 Å². The number of rotatable bonds is 10. The van der Waals surface area contributed by atoms with Gasteiger partial charge in [0.05, 0.1) is 70.8 Å². The standard InChI is InChI=1S/C25H21Cl2N3O3.C22H19Cl2N3O2.CH4/c1-5-23(31)30-19-8-6-7-15(2)18(19)11-22-28-13-16(14-29-22)9-10-17-24(26)20(32-3)12-21(33-4)25(17)27;1-13-5-4-6-17(25)16(13)9-20-26-11-14(12-27-20)7-8-15-21(23)18(28-2)10-19(29-3)22(15)24;/h5-8,12-14H,1,11H2,2-4H3,(H,30,31);4-6,10-12H,9,25H2,1-3H3;1H4. The van der Waals surface area contributed by atoms with Gasteiger partial charge in [0.25, 0.3) is 0 Å². The Balaban J connectivity index is 0.000000274. The molecule has 0 atom stereocenters. The summed E-state index contributed by atoms with van der Waals surface area (Å²) >= 11 is 25.4.